The highest BCUT2D eigenvalue weighted by atomic mass is 35.5. The van der Waals surface area contributed by atoms with Gasteiger partial charge in [0.2, 0.25) is 0 Å². The third-order valence-electron chi connectivity index (χ3n) is 3.35. The molecule has 4 nitrogen and oxygen atoms in total. The van der Waals surface area contributed by atoms with Crippen LogP contribution in [0.3, 0.4) is 0 Å². The van der Waals surface area contributed by atoms with E-state index in [1.54, 1.807) is 0 Å². The van der Waals surface area contributed by atoms with Gasteiger partial charge in [0, 0.05) is 37.6 Å². The van der Waals surface area contributed by atoms with E-state index in [9.17, 15) is 0 Å². The van der Waals surface area contributed by atoms with Crippen molar-refractivity contribution in [1.29, 1.82) is 0 Å². The van der Waals surface area contributed by atoms with Crippen molar-refractivity contribution in [3.8, 4) is 5.69 Å². The molecule has 1 aliphatic rings. The Balaban J connectivity index is 0.000001000. The molecule has 6 heteroatoms. The van der Waals surface area contributed by atoms with Crippen LogP contribution in [0.1, 0.15) is 17.3 Å². The minimum absolute atomic E-state index is 0. The van der Waals surface area contributed by atoms with Gasteiger partial charge in [-0.15, -0.1) is 24.8 Å². The number of nitrogens with one attached hydrogen (secondary N) is 2. The topological polar surface area (TPSA) is 41.9 Å². The lowest BCUT2D eigenvalue weighted by Crippen LogP contribution is -2.42. The zero-order valence-electron chi connectivity index (χ0n) is 11.4. The first-order valence-electron chi connectivity index (χ1n) is 6.38. The monoisotopic (exact) mass is 314 g/mol. The van der Waals surface area contributed by atoms with Crippen LogP contribution in [0.5, 0.6) is 0 Å². The maximum Gasteiger partial charge on any atom is 0.0995 e. The summed E-state index contributed by atoms with van der Waals surface area (Å²) in [5, 5.41) is 6.92. The Labute approximate surface area is 131 Å². The van der Waals surface area contributed by atoms with Crippen molar-refractivity contribution in [2.45, 2.75) is 13.0 Å². The van der Waals surface area contributed by atoms with Crippen molar-refractivity contribution in [2.24, 2.45) is 0 Å². The van der Waals surface area contributed by atoms with E-state index >= 15 is 0 Å². The van der Waals surface area contributed by atoms with Gasteiger partial charge in [-0.1, -0.05) is 12.1 Å². The molecule has 3 rings (SSSR count). The number of benzene rings is 1. The van der Waals surface area contributed by atoms with Gasteiger partial charge in [-0.2, -0.15) is 0 Å². The highest BCUT2D eigenvalue weighted by molar-refractivity contribution is 5.85. The van der Waals surface area contributed by atoms with Crippen molar-refractivity contribution in [3.63, 3.8) is 0 Å². The largest absolute Gasteiger partial charge is 0.314 e. The quantitative estimate of drug-likeness (QED) is 0.893. The fourth-order valence-corrected chi connectivity index (χ4v) is 2.33. The van der Waals surface area contributed by atoms with Gasteiger partial charge in [0.25, 0.3) is 0 Å². The van der Waals surface area contributed by atoms with Gasteiger partial charge in [0.1, 0.15) is 0 Å². The van der Waals surface area contributed by atoms with Gasteiger partial charge in [-0.3, -0.25) is 0 Å². The van der Waals surface area contributed by atoms with Crippen molar-refractivity contribution < 1.29 is 0 Å². The molecule has 2 heterocycles. The van der Waals surface area contributed by atoms with Crippen LogP contribution in [-0.4, -0.2) is 29.2 Å². The molecule has 1 aromatic heterocycles. The molecule has 0 unspecified atom stereocenters. The number of piperazine rings is 1. The van der Waals surface area contributed by atoms with E-state index in [-0.39, 0.29) is 24.8 Å². The normalized spacial score (nSPS) is 17.9. The molecule has 2 aromatic rings. The molecule has 1 fully saturated rings. The van der Waals surface area contributed by atoms with Gasteiger partial charge in [0.15, 0.2) is 0 Å². The minimum atomic E-state index is 0. The highest BCUT2D eigenvalue weighted by Crippen LogP contribution is 2.16. The second-order valence-electron chi connectivity index (χ2n) is 4.72. The number of aryl methyl sites for hydroxylation is 1. The summed E-state index contributed by atoms with van der Waals surface area (Å²) >= 11 is 0. The Kier molecular flexibility index (Phi) is 6.49. The molecule has 1 aliphatic heterocycles. The molecule has 0 amide bonds. The Hall–Kier alpha value is -1.07. The van der Waals surface area contributed by atoms with Gasteiger partial charge in [-0.05, 0) is 24.6 Å². The molecule has 0 aliphatic carbocycles. The fourth-order valence-electron chi connectivity index (χ4n) is 2.33. The molecule has 110 valence electrons. The SMILES string of the molecule is Cc1cn(-c2ccc([C@H]3CNCCN3)cc2)cn1.Cl.Cl. The molecule has 0 radical (unpaired) electrons. The van der Waals surface area contributed by atoms with Gasteiger partial charge in [-0.25, -0.2) is 4.98 Å². The van der Waals surface area contributed by atoms with Gasteiger partial charge >= 0.3 is 0 Å². The Bertz CT molecular complexity index is 518. The average molecular weight is 315 g/mol. The van der Waals surface area contributed by atoms with E-state index in [0.29, 0.717) is 6.04 Å². The minimum Gasteiger partial charge on any atom is -0.314 e. The first-order chi connectivity index (χ1) is 8.83. The van der Waals surface area contributed by atoms with Crippen LogP contribution in [-0.2, 0) is 0 Å². The molecule has 2 N–H and O–H groups in total. The summed E-state index contributed by atoms with van der Waals surface area (Å²) in [6.07, 6.45) is 3.89. The molecular weight excluding hydrogens is 295 g/mol. The summed E-state index contributed by atoms with van der Waals surface area (Å²) in [6, 6.07) is 9.10. The lowest BCUT2D eigenvalue weighted by atomic mass is 10.1. The molecule has 1 aromatic carbocycles. The summed E-state index contributed by atoms with van der Waals surface area (Å²) in [5.74, 6) is 0. The summed E-state index contributed by atoms with van der Waals surface area (Å²) in [4.78, 5) is 4.25. The van der Waals surface area contributed by atoms with Crippen molar-refractivity contribution in [3.05, 3.63) is 48.0 Å². The van der Waals surface area contributed by atoms with E-state index in [2.05, 4.69) is 39.9 Å². The molecule has 0 bridgehead atoms. The molecule has 0 saturated carbocycles. The number of hydrogen-bond acceptors (Lipinski definition) is 3. The zero-order chi connectivity index (χ0) is 12.4. The molecule has 1 saturated heterocycles. The van der Waals surface area contributed by atoms with Crippen LogP contribution in [0, 0.1) is 6.92 Å². The number of imidazole rings is 1. The van der Waals surface area contributed by atoms with Crippen LogP contribution in [0.4, 0.5) is 0 Å². The molecule has 20 heavy (non-hydrogen) atoms. The second kappa shape index (κ2) is 7.64. The smallest absolute Gasteiger partial charge is 0.0995 e. The zero-order valence-corrected chi connectivity index (χ0v) is 13.0. The number of nitrogens with zero attached hydrogens (tertiary/aromatic N) is 2. The van der Waals surface area contributed by atoms with Gasteiger partial charge in [0.05, 0.1) is 12.0 Å². The van der Waals surface area contributed by atoms with Crippen molar-refractivity contribution in [2.75, 3.05) is 19.6 Å². The Morgan fingerprint density at radius 2 is 1.90 bits per heavy atom. The van der Waals surface area contributed by atoms with E-state index in [1.807, 2.05) is 24.0 Å². The number of hydrogen-bond donors (Lipinski definition) is 2. The summed E-state index contributed by atoms with van der Waals surface area (Å²) < 4.78 is 2.05. The van der Waals surface area contributed by atoms with Crippen LogP contribution in [0.15, 0.2) is 36.8 Å². The first kappa shape index (κ1) is 17.0. The van der Waals surface area contributed by atoms with Crippen LogP contribution in [0.25, 0.3) is 5.69 Å². The molecular formula is C14H20Cl2N4. The third-order valence-corrected chi connectivity index (χ3v) is 3.35. The Morgan fingerprint density at radius 3 is 2.45 bits per heavy atom. The van der Waals surface area contributed by atoms with Crippen molar-refractivity contribution >= 4 is 24.8 Å². The van der Waals surface area contributed by atoms with Crippen LogP contribution < -0.4 is 10.6 Å². The number of aromatic nitrogens is 2. The first-order valence-corrected chi connectivity index (χ1v) is 6.38. The van der Waals surface area contributed by atoms with E-state index < -0.39 is 0 Å². The van der Waals surface area contributed by atoms with E-state index in [1.165, 1.54) is 5.56 Å². The predicted octanol–water partition coefficient (Wildman–Crippen LogP) is 2.26. The summed E-state index contributed by atoms with van der Waals surface area (Å²) in [6.45, 7) is 5.10. The van der Waals surface area contributed by atoms with Gasteiger partial charge < -0.3 is 15.2 Å². The Morgan fingerprint density at radius 1 is 1.15 bits per heavy atom. The maximum absolute atomic E-state index is 4.25. The highest BCUT2D eigenvalue weighted by Gasteiger charge is 2.13. The van der Waals surface area contributed by atoms with E-state index in [0.717, 1.165) is 31.0 Å². The number of halogens is 2. The van der Waals surface area contributed by atoms with Crippen LogP contribution in [0.2, 0.25) is 0 Å². The fraction of sp³-hybridized carbons (Fsp3) is 0.357. The summed E-state index contributed by atoms with van der Waals surface area (Å²) in [7, 11) is 0. The standard InChI is InChI=1S/C14H18N4.2ClH/c1-11-9-18(10-17-11)13-4-2-12(3-5-13)14-8-15-6-7-16-14;;/h2-5,9-10,14-16H,6-8H2,1H3;2*1H/t14-;;/m1../s1. The lowest BCUT2D eigenvalue weighted by Gasteiger charge is -2.25. The van der Waals surface area contributed by atoms with E-state index in [4.69, 9.17) is 0 Å². The molecule has 0 spiro atoms. The molecule has 1 atom stereocenters. The average Bonchev–Trinajstić information content (AvgIpc) is 2.87. The van der Waals surface area contributed by atoms with Crippen molar-refractivity contribution in [1.82, 2.24) is 20.2 Å². The third kappa shape index (κ3) is 3.73. The second-order valence-corrected chi connectivity index (χ2v) is 4.72. The lowest BCUT2D eigenvalue weighted by molar-refractivity contribution is 0.430. The van der Waals surface area contributed by atoms with Crippen LogP contribution >= 0.6 is 24.8 Å². The maximum atomic E-state index is 4.25. The number of rotatable bonds is 2. The predicted molar refractivity (Wildman–Crippen MR) is 86.4 cm³/mol. The summed E-state index contributed by atoms with van der Waals surface area (Å²) in [5.41, 5.74) is 3.53.